The van der Waals surface area contributed by atoms with Crippen LogP contribution in [0.3, 0.4) is 0 Å². The first-order valence-electron chi connectivity index (χ1n) is 14.8. The normalized spacial score (nSPS) is 14.3. The van der Waals surface area contributed by atoms with Crippen molar-refractivity contribution >= 4 is 64.3 Å². The summed E-state index contributed by atoms with van der Waals surface area (Å²) in [4.78, 5) is 45.3. The van der Waals surface area contributed by atoms with Crippen LogP contribution in [0.2, 0.25) is 5.02 Å². The highest BCUT2D eigenvalue weighted by molar-refractivity contribution is 6.32. The van der Waals surface area contributed by atoms with Gasteiger partial charge in [-0.05, 0) is 79.3 Å². The Morgan fingerprint density at radius 2 is 1.64 bits per heavy atom. The molecule has 2 aliphatic heterocycles. The number of aryl methyl sites for hydroxylation is 2. The van der Waals surface area contributed by atoms with Gasteiger partial charge in [0, 0.05) is 41.8 Å². The fourth-order valence-corrected chi connectivity index (χ4v) is 5.31. The molecule has 6 bridgehead atoms. The molecular weight excluding hydrogens is 635 g/mol. The maximum atomic E-state index is 13.3. The van der Waals surface area contributed by atoms with Crippen molar-refractivity contribution in [2.75, 3.05) is 34.4 Å². The van der Waals surface area contributed by atoms with Gasteiger partial charge in [0.1, 0.15) is 5.02 Å². The maximum absolute atomic E-state index is 13.3. The molecular formula is C33H31ClF3N7O3. The van der Waals surface area contributed by atoms with Crippen molar-refractivity contribution in [3.05, 3.63) is 95.1 Å². The van der Waals surface area contributed by atoms with Crippen molar-refractivity contribution in [3.63, 3.8) is 0 Å². The number of amides is 3. The third kappa shape index (κ3) is 9.42. The Kier molecular flexibility index (Phi) is 10.6. The first-order chi connectivity index (χ1) is 22.6. The molecule has 0 atom stereocenters. The van der Waals surface area contributed by atoms with Gasteiger partial charge in [-0.3, -0.25) is 9.59 Å². The zero-order valence-electron chi connectivity index (χ0n) is 25.0. The number of fused-ring (bicyclic) bond motifs is 6. The fourth-order valence-electron chi connectivity index (χ4n) is 5.17. The van der Waals surface area contributed by atoms with Gasteiger partial charge in [-0.1, -0.05) is 41.9 Å². The quantitative estimate of drug-likeness (QED) is 0.169. The minimum Gasteiger partial charge on any atom is -0.339 e. The molecule has 10 nitrogen and oxygen atoms in total. The van der Waals surface area contributed by atoms with Gasteiger partial charge in [0.2, 0.25) is 18.1 Å². The zero-order chi connectivity index (χ0) is 33.4. The van der Waals surface area contributed by atoms with Gasteiger partial charge in [-0.2, -0.15) is 18.2 Å². The van der Waals surface area contributed by atoms with Gasteiger partial charge < -0.3 is 26.2 Å². The SMILES string of the molecule is O=C(Nc1ccc2cc1CCc1cccc(c1)Nc1ncc(Cl)c(n1)N2)C1CCN(C(=O)Nc2ccccc2)CC1.O=CC(F)(F)F. The molecule has 6 rings (SSSR count). The lowest BCUT2D eigenvalue weighted by Gasteiger charge is -2.31. The molecule has 0 unspecified atom stereocenters. The summed E-state index contributed by atoms with van der Waals surface area (Å²) in [5.41, 5.74) is 5.40. The summed E-state index contributed by atoms with van der Waals surface area (Å²) < 4.78 is 31.2. The number of hydrogen-bond donors (Lipinski definition) is 4. The first kappa shape index (κ1) is 33.2. The number of alkyl halides is 3. The Hall–Kier alpha value is -5.17. The van der Waals surface area contributed by atoms with Gasteiger partial charge in [0.05, 0.1) is 6.20 Å². The molecule has 0 spiro atoms. The van der Waals surface area contributed by atoms with Crippen molar-refractivity contribution in [3.8, 4) is 0 Å². The van der Waals surface area contributed by atoms with Crippen LogP contribution in [0.1, 0.15) is 24.0 Å². The van der Waals surface area contributed by atoms with Gasteiger partial charge in [0.25, 0.3) is 0 Å². The monoisotopic (exact) mass is 665 g/mol. The number of likely N-dealkylation sites (tertiary alicyclic amines) is 1. The molecule has 3 aromatic carbocycles. The summed E-state index contributed by atoms with van der Waals surface area (Å²) in [6.45, 7) is 1.05. The number of hydrogen-bond acceptors (Lipinski definition) is 7. The number of carbonyl (C=O) groups is 3. The van der Waals surface area contributed by atoms with Crippen molar-refractivity contribution in [2.24, 2.45) is 5.92 Å². The molecule has 244 valence electrons. The molecule has 0 radical (unpaired) electrons. The Morgan fingerprint density at radius 3 is 2.36 bits per heavy atom. The average molecular weight is 666 g/mol. The van der Waals surface area contributed by atoms with Gasteiger partial charge >= 0.3 is 12.2 Å². The van der Waals surface area contributed by atoms with Crippen molar-refractivity contribution < 1.29 is 27.6 Å². The van der Waals surface area contributed by atoms with E-state index in [1.165, 1.54) is 0 Å². The number of nitrogens with zero attached hydrogens (tertiary/aromatic N) is 3. The number of halogens is 4. The number of nitrogens with one attached hydrogen (secondary N) is 4. The summed E-state index contributed by atoms with van der Waals surface area (Å²) in [5.74, 6) is 0.741. The van der Waals surface area contributed by atoms with Gasteiger partial charge in [-0.15, -0.1) is 0 Å². The average Bonchev–Trinajstić information content (AvgIpc) is 3.07. The smallest absolute Gasteiger partial charge is 0.339 e. The van der Waals surface area contributed by atoms with E-state index in [1.54, 1.807) is 11.1 Å². The van der Waals surface area contributed by atoms with Crippen LogP contribution in [0.15, 0.2) is 79.0 Å². The fraction of sp³-hybridized carbons (Fsp3) is 0.242. The molecule has 3 heterocycles. The van der Waals surface area contributed by atoms with Gasteiger partial charge in [0.15, 0.2) is 5.82 Å². The minimum absolute atomic E-state index is 0.0253. The summed E-state index contributed by atoms with van der Waals surface area (Å²) in [5, 5.41) is 13.0. The highest BCUT2D eigenvalue weighted by Crippen LogP contribution is 2.30. The second-order valence-corrected chi connectivity index (χ2v) is 11.3. The van der Waals surface area contributed by atoms with Crippen molar-refractivity contribution in [1.29, 1.82) is 0 Å². The first-order valence-corrected chi connectivity index (χ1v) is 15.2. The Morgan fingerprint density at radius 1 is 0.915 bits per heavy atom. The van der Waals surface area contributed by atoms with E-state index in [2.05, 4.69) is 43.4 Å². The summed E-state index contributed by atoms with van der Waals surface area (Å²) >= 11 is 6.39. The predicted octanol–water partition coefficient (Wildman–Crippen LogP) is 7.35. The lowest BCUT2D eigenvalue weighted by molar-refractivity contribution is -0.156. The molecule has 1 saturated heterocycles. The van der Waals surface area contributed by atoms with E-state index in [0.717, 1.165) is 46.7 Å². The van der Waals surface area contributed by atoms with Crippen LogP contribution in [0.5, 0.6) is 0 Å². The summed E-state index contributed by atoms with van der Waals surface area (Å²) in [6.07, 6.45) is -1.41. The number of para-hydroxylation sites is 1. The summed E-state index contributed by atoms with van der Waals surface area (Å²) in [7, 11) is 0. The number of benzene rings is 3. The summed E-state index contributed by atoms with van der Waals surface area (Å²) in [6, 6.07) is 23.2. The standard InChI is InChI=1S/C31H30ClN7O2.C2HF3O/c32-26-19-33-30-35-24-8-4-5-20(17-24)9-10-22-18-25(34-28(26)38-30)11-12-27(22)37-29(40)21-13-15-39(16-14-21)31(41)36-23-6-2-1-3-7-23;3-2(4,5)1-6/h1-8,11-12,17-19,21H,9-10,13-16H2,(H,36,41)(H,37,40)(H2,33,34,35,38);1H. The van der Waals surface area contributed by atoms with E-state index in [9.17, 15) is 22.8 Å². The molecule has 3 amide bonds. The number of carbonyl (C=O) groups excluding carboxylic acids is 3. The Balaban J connectivity index is 0.000000662. The van der Waals surface area contributed by atoms with Crippen molar-refractivity contribution in [1.82, 2.24) is 14.9 Å². The predicted molar refractivity (Wildman–Crippen MR) is 174 cm³/mol. The third-order valence-electron chi connectivity index (χ3n) is 7.55. The maximum Gasteiger partial charge on any atom is 0.446 e. The third-order valence-corrected chi connectivity index (χ3v) is 7.82. The highest BCUT2D eigenvalue weighted by atomic mass is 35.5. The van der Waals surface area contributed by atoms with E-state index < -0.39 is 12.5 Å². The lowest BCUT2D eigenvalue weighted by Crippen LogP contribution is -2.43. The van der Waals surface area contributed by atoms with Gasteiger partial charge in [-0.25, -0.2) is 9.78 Å². The molecule has 47 heavy (non-hydrogen) atoms. The number of aromatic nitrogens is 2. The number of anilines is 6. The topological polar surface area (TPSA) is 128 Å². The minimum atomic E-state index is -4.64. The van der Waals surface area contributed by atoms with Crippen LogP contribution in [0.25, 0.3) is 0 Å². The van der Waals surface area contributed by atoms with E-state index in [0.29, 0.717) is 42.7 Å². The second-order valence-electron chi connectivity index (χ2n) is 10.9. The van der Waals surface area contributed by atoms with E-state index in [-0.39, 0.29) is 17.9 Å². The molecule has 0 saturated carbocycles. The largest absolute Gasteiger partial charge is 0.446 e. The molecule has 1 aromatic heterocycles. The lowest BCUT2D eigenvalue weighted by atomic mass is 9.95. The molecule has 4 aromatic rings. The number of piperidine rings is 1. The number of urea groups is 1. The van der Waals surface area contributed by atoms with Crippen LogP contribution in [-0.2, 0) is 22.4 Å². The van der Waals surface area contributed by atoms with Crippen molar-refractivity contribution in [2.45, 2.75) is 31.9 Å². The molecule has 4 N–H and O–H groups in total. The van der Waals surface area contributed by atoms with Crippen LogP contribution < -0.4 is 21.3 Å². The second kappa shape index (κ2) is 14.9. The molecule has 2 aliphatic rings. The van der Waals surface area contributed by atoms with Crippen LogP contribution in [-0.4, -0.2) is 52.4 Å². The van der Waals surface area contributed by atoms with E-state index in [1.807, 2.05) is 60.7 Å². The number of rotatable bonds is 3. The molecule has 1 fully saturated rings. The van der Waals surface area contributed by atoms with E-state index in [4.69, 9.17) is 16.4 Å². The Bertz CT molecular complexity index is 1730. The highest BCUT2D eigenvalue weighted by Gasteiger charge is 2.28. The van der Waals surface area contributed by atoms with Crippen LogP contribution >= 0.6 is 11.6 Å². The molecule has 14 heteroatoms. The van der Waals surface area contributed by atoms with Crippen LogP contribution in [0, 0.1) is 5.92 Å². The molecule has 0 aliphatic carbocycles. The Labute approximate surface area is 273 Å². The zero-order valence-corrected chi connectivity index (χ0v) is 25.7. The van der Waals surface area contributed by atoms with E-state index >= 15 is 0 Å². The number of aldehydes is 1. The van der Waals surface area contributed by atoms with Crippen LogP contribution in [0.4, 0.5) is 52.5 Å².